The van der Waals surface area contributed by atoms with Crippen LogP contribution in [-0.2, 0) is 17.1 Å². The van der Waals surface area contributed by atoms with Crippen molar-refractivity contribution < 1.29 is 35.9 Å². The lowest BCUT2D eigenvalue weighted by molar-refractivity contribution is -0.143. The summed E-state index contributed by atoms with van der Waals surface area (Å²) in [6.45, 7) is 9.11. The van der Waals surface area contributed by atoms with Crippen molar-refractivity contribution in [3.05, 3.63) is 34.9 Å². The highest BCUT2D eigenvalue weighted by atomic mass is 19.4. The van der Waals surface area contributed by atoms with E-state index in [4.69, 9.17) is 0 Å². The van der Waals surface area contributed by atoms with Crippen LogP contribution in [0.1, 0.15) is 49.2 Å². The predicted molar refractivity (Wildman–Crippen MR) is 101 cm³/mol. The molecule has 1 aromatic rings. The first-order chi connectivity index (χ1) is 14.0. The fraction of sp³-hybridized carbons (Fsp3) is 0.579. The van der Waals surface area contributed by atoms with Crippen molar-refractivity contribution in [1.82, 2.24) is 15.5 Å². The third kappa shape index (κ3) is 8.60. The maximum atomic E-state index is 12.8. The number of rotatable bonds is 4. The monoisotopic (exact) mass is 443 g/mol. The molecule has 5 nitrogen and oxygen atoms in total. The first kappa shape index (κ1) is 27.7. The van der Waals surface area contributed by atoms with Gasteiger partial charge in [0.05, 0.1) is 17.7 Å². The Morgan fingerprint density at radius 3 is 1.93 bits per heavy atom. The van der Waals surface area contributed by atoms with Gasteiger partial charge in [-0.2, -0.15) is 26.3 Å². The van der Waals surface area contributed by atoms with E-state index in [0.29, 0.717) is 25.2 Å². The molecule has 2 N–H and O–H groups in total. The smallest absolute Gasteiger partial charge is 0.350 e. The van der Waals surface area contributed by atoms with Gasteiger partial charge in [0.1, 0.15) is 0 Å². The Morgan fingerprint density at radius 2 is 1.50 bits per heavy atom. The quantitative estimate of drug-likeness (QED) is 0.694. The Balaban J connectivity index is 0.00000198. The summed E-state index contributed by atoms with van der Waals surface area (Å²) >= 11 is 0. The van der Waals surface area contributed by atoms with E-state index in [1.807, 2.05) is 27.7 Å². The molecule has 0 saturated carbocycles. The minimum absolute atomic E-state index is 0.0455. The predicted octanol–water partition coefficient (Wildman–Crippen LogP) is 3.94. The summed E-state index contributed by atoms with van der Waals surface area (Å²) in [6, 6.07) is 0.678. The third-order valence-electron chi connectivity index (χ3n) is 3.70. The molecule has 1 fully saturated rings. The molecular formula is C19H27F6N3O2. The molecule has 0 radical (unpaired) electrons. The highest BCUT2D eigenvalue weighted by Crippen LogP contribution is 2.36. The SMILES string of the molecule is CC.CC.O=C(NCCN1CCNCC1=O)c1cc(C(F)(F)F)cc(C(F)(F)F)c1. The Hall–Kier alpha value is -2.30. The van der Waals surface area contributed by atoms with Crippen molar-refractivity contribution >= 4 is 11.8 Å². The number of benzene rings is 1. The molecule has 2 rings (SSSR count). The van der Waals surface area contributed by atoms with E-state index in [2.05, 4.69) is 10.6 Å². The molecule has 1 saturated heterocycles. The summed E-state index contributed by atoms with van der Waals surface area (Å²) in [5.41, 5.74) is -3.87. The second-order valence-electron chi connectivity index (χ2n) is 5.61. The number of nitrogens with zero attached hydrogens (tertiary/aromatic N) is 1. The van der Waals surface area contributed by atoms with Crippen LogP contribution in [0.15, 0.2) is 18.2 Å². The first-order valence-corrected chi connectivity index (χ1v) is 9.54. The van der Waals surface area contributed by atoms with Gasteiger partial charge in [0.25, 0.3) is 5.91 Å². The Kier molecular flexibility index (Phi) is 11.5. The van der Waals surface area contributed by atoms with E-state index in [0.717, 1.165) is 0 Å². The van der Waals surface area contributed by atoms with Crippen LogP contribution >= 0.6 is 0 Å². The fourth-order valence-corrected chi connectivity index (χ4v) is 2.37. The van der Waals surface area contributed by atoms with Crippen molar-refractivity contribution in [2.24, 2.45) is 0 Å². The summed E-state index contributed by atoms with van der Waals surface area (Å²) in [4.78, 5) is 24.9. The Labute approximate surface area is 171 Å². The molecule has 172 valence electrons. The number of alkyl halides is 6. The molecule has 1 aromatic carbocycles. The van der Waals surface area contributed by atoms with Gasteiger partial charge in [0.2, 0.25) is 5.91 Å². The van der Waals surface area contributed by atoms with Crippen molar-refractivity contribution in [2.75, 3.05) is 32.7 Å². The number of amides is 2. The van der Waals surface area contributed by atoms with E-state index in [1.165, 1.54) is 4.90 Å². The summed E-state index contributed by atoms with van der Waals surface area (Å²) in [7, 11) is 0. The van der Waals surface area contributed by atoms with Crippen LogP contribution in [-0.4, -0.2) is 49.4 Å². The van der Waals surface area contributed by atoms with Crippen LogP contribution in [0.25, 0.3) is 0 Å². The number of carbonyl (C=O) groups is 2. The fourth-order valence-electron chi connectivity index (χ4n) is 2.37. The molecule has 1 heterocycles. The van der Waals surface area contributed by atoms with Crippen molar-refractivity contribution in [3.8, 4) is 0 Å². The minimum Gasteiger partial charge on any atom is -0.350 e. The zero-order chi connectivity index (χ0) is 23.5. The molecule has 1 aliphatic heterocycles. The van der Waals surface area contributed by atoms with Gasteiger partial charge in [-0.25, -0.2) is 0 Å². The molecule has 0 aliphatic carbocycles. The van der Waals surface area contributed by atoms with Gasteiger partial charge in [-0.15, -0.1) is 0 Å². The zero-order valence-electron chi connectivity index (χ0n) is 17.3. The molecule has 0 bridgehead atoms. The molecule has 11 heteroatoms. The molecule has 30 heavy (non-hydrogen) atoms. The third-order valence-corrected chi connectivity index (χ3v) is 3.70. The lowest BCUT2D eigenvalue weighted by atomic mass is 10.0. The van der Waals surface area contributed by atoms with Crippen LogP contribution in [0.3, 0.4) is 0 Å². The molecule has 1 aliphatic rings. The lowest BCUT2D eigenvalue weighted by Gasteiger charge is -2.27. The van der Waals surface area contributed by atoms with E-state index in [1.54, 1.807) is 0 Å². The molecule has 0 aromatic heterocycles. The largest absolute Gasteiger partial charge is 0.416 e. The van der Waals surface area contributed by atoms with Gasteiger partial charge in [-0.05, 0) is 18.2 Å². The second kappa shape index (κ2) is 12.4. The Morgan fingerprint density at radius 1 is 1.00 bits per heavy atom. The van der Waals surface area contributed by atoms with Gasteiger partial charge in [-0.1, -0.05) is 27.7 Å². The topological polar surface area (TPSA) is 61.4 Å². The van der Waals surface area contributed by atoms with E-state index in [9.17, 15) is 35.9 Å². The number of piperazine rings is 1. The highest BCUT2D eigenvalue weighted by molar-refractivity contribution is 5.94. The summed E-state index contributed by atoms with van der Waals surface area (Å²) in [5, 5.41) is 5.07. The van der Waals surface area contributed by atoms with E-state index in [-0.39, 0.29) is 31.6 Å². The van der Waals surface area contributed by atoms with Gasteiger partial charge in [-0.3, -0.25) is 9.59 Å². The number of halogens is 6. The second-order valence-corrected chi connectivity index (χ2v) is 5.61. The van der Waals surface area contributed by atoms with Crippen LogP contribution in [0.4, 0.5) is 26.3 Å². The van der Waals surface area contributed by atoms with E-state index >= 15 is 0 Å². The molecule has 2 amide bonds. The number of hydrogen-bond donors (Lipinski definition) is 2. The normalized spacial score (nSPS) is 14.2. The first-order valence-electron chi connectivity index (χ1n) is 9.54. The standard InChI is InChI=1S/C15H15F6N3O2.2C2H6/c16-14(17,18)10-5-9(6-11(7-10)15(19,20)21)13(26)23-2-4-24-3-1-22-8-12(24)25;2*1-2/h5-7,22H,1-4,8H2,(H,23,26);2*1-2H3. The van der Waals surface area contributed by atoms with Crippen molar-refractivity contribution in [3.63, 3.8) is 0 Å². The van der Waals surface area contributed by atoms with Gasteiger partial charge < -0.3 is 15.5 Å². The lowest BCUT2D eigenvalue weighted by Crippen LogP contribution is -2.50. The van der Waals surface area contributed by atoms with Crippen LogP contribution < -0.4 is 10.6 Å². The van der Waals surface area contributed by atoms with Gasteiger partial charge >= 0.3 is 12.4 Å². The molecule has 0 unspecified atom stereocenters. The van der Waals surface area contributed by atoms with E-state index < -0.39 is 35.0 Å². The van der Waals surface area contributed by atoms with Crippen LogP contribution in [0.5, 0.6) is 0 Å². The molecule has 0 atom stereocenters. The summed E-state index contributed by atoms with van der Waals surface area (Å²) in [5.74, 6) is -1.28. The van der Waals surface area contributed by atoms with Crippen molar-refractivity contribution in [2.45, 2.75) is 40.0 Å². The van der Waals surface area contributed by atoms with Crippen LogP contribution in [0, 0.1) is 0 Å². The average molecular weight is 443 g/mol. The van der Waals surface area contributed by atoms with Crippen LogP contribution in [0.2, 0.25) is 0 Å². The maximum absolute atomic E-state index is 12.8. The number of carbonyl (C=O) groups excluding carboxylic acids is 2. The minimum atomic E-state index is -5.02. The van der Waals surface area contributed by atoms with Gasteiger partial charge in [0.15, 0.2) is 0 Å². The summed E-state index contributed by atoms with van der Waals surface area (Å²) < 4.78 is 76.7. The molecular weight excluding hydrogens is 416 g/mol. The summed E-state index contributed by atoms with van der Waals surface area (Å²) in [6.07, 6.45) is -10.0. The molecule has 0 spiro atoms. The van der Waals surface area contributed by atoms with Crippen molar-refractivity contribution in [1.29, 1.82) is 0 Å². The number of nitrogens with one attached hydrogen (secondary N) is 2. The number of hydrogen-bond acceptors (Lipinski definition) is 3. The maximum Gasteiger partial charge on any atom is 0.416 e. The van der Waals surface area contributed by atoms with Gasteiger partial charge in [0, 0.05) is 31.7 Å². The zero-order valence-corrected chi connectivity index (χ0v) is 17.3. The average Bonchev–Trinajstić information content (AvgIpc) is 2.70. The highest BCUT2D eigenvalue weighted by Gasteiger charge is 2.37. The Bertz CT molecular complexity index is 658.